The number of amides is 2. The minimum atomic E-state index is -0.567. The lowest BCUT2D eigenvalue weighted by atomic mass is 9.89. The van der Waals surface area contributed by atoms with Gasteiger partial charge < -0.3 is 4.90 Å². The summed E-state index contributed by atoms with van der Waals surface area (Å²) in [6.07, 6.45) is 6.83. The van der Waals surface area contributed by atoms with Crippen molar-refractivity contribution < 1.29 is 9.59 Å². The van der Waals surface area contributed by atoms with Crippen molar-refractivity contribution in [3.05, 3.63) is 59.8 Å². The zero-order chi connectivity index (χ0) is 19.3. The normalized spacial score (nSPS) is 20.1. The van der Waals surface area contributed by atoms with Gasteiger partial charge in [0.1, 0.15) is 5.82 Å². The van der Waals surface area contributed by atoms with E-state index in [0.29, 0.717) is 23.5 Å². The number of hydrogen-bond donors (Lipinski definition) is 0. The summed E-state index contributed by atoms with van der Waals surface area (Å²) >= 11 is 0. The van der Waals surface area contributed by atoms with E-state index in [9.17, 15) is 9.59 Å². The second-order valence-corrected chi connectivity index (χ2v) is 7.19. The van der Waals surface area contributed by atoms with Crippen LogP contribution in [0.2, 0.25) is 0 Å². The number of carbonyl (C=O) groups is 2. The number of fused-ring (bicyclic) bond motifs is 1. The molecule has 1 aromatic carbocycles. The molecule has 6 nitrogen and oxygen atoms in total. The second kappa shape index (κ2) is 8.44. The molecule has 1 saturated heterocycles. The first-order valence-corrected chi connectivity index (χ1v) is 9.86. The molecule has 2 aromatic rings. The quantitative estimate of drug-likeness (QED) is 0.442. The maximum atomic E-state index is 13.1. The summed E-state index contributed by atoms with van der Waals surface area (Å²) in [7, 11) is 0. The van der Waals surface area contributed by atoms with Crippen molar-refractivity contribution in [2.45, 2.75) is 25.2 Å². The van der Waals surface area contributed by atoms with Gasteiger partial charge in [0, 0.05) is 24.5 Å². The highest BCUT2D eigenvalue weighted by Gasteiger charge is 2.39. The molecule has 4 rings (SSSR count). The van der Waals surface area contributed by atoms with E-state index in [1.54, 1.807) is 36.7 Å². The lowest BCUT2D eigenvalue weighted by Gasteiger charge is -2.30. The van der Waals surface area contributed by atoms with Gasteiger partial charge in [-0.25, -0.2) is 9.88 Å². The molecule has 0 unspecified atom stereocenters. The van der Waals surface area contributed by atoms with Gasteiger partial charge in [-0.1, -0.05) is 24.3 Å². The van der Waals surface area contributed by atoms with Gasteiger partial charge in [-0.15, -0.1) is 0 Å². The second-order valence-electron chi connectivity index (χ2n) is 7.19. The van der Waals surface area contributed by atoms with Crippen LogP contribution in [-0.4, -0.2) is 54.1 Å². The first kappa shape index (κ1) is 18.5. The smallest absolute Gasteiger partial charge is 0.266 e. The highest BCUT2D eigenvalue weighted by molar-refractivity contribution is 6.28. The molecule has 1 atom stereocenters. The molecule has 2 aliphatic heterocycles. The van der Waals surface area contributed by atoms with Gasteiger partial charge in [0.25, 0.3) is 5.91 Å². The van der Waals surface area contributed by atoms with Gasteiger partial charge in [-0.05, 0) is 62.7 Å². The zero-order valence-electron chi connectivity index (χ0n) is 15.8. The van der Waals surface area contributed by atoms with Gasteiger partial charge in [0.15, 0.2) is 0 Å². The number of hydrogen-bond acceptors (Lipinski definition) is 5. The average Bonchev–Trinajstić information content (AvgIpc) is 3.24. The average molecular weight is 376 g/mol. The van der Waals surface area contributed by atoms with Crippen molar-refractivity contribution in [1.29, 1.82) is 0 Å². The molecule has 2 amide bonds. The first-order chi connectivity index (χ1) is 13.8. The molecule has 0 aliphatic carbocycles. The van der Waals surface area contributed by atoms with E-state index in [4.69, 9.17) is 0 Å². The lowest BCUT2D eigenvalue weighted by Crippen LogP contribution is -2.46. The van der Waals surface area contributed by atoms with Gasteiger partial charge in [-0.2, -0.15) is 0 Å². The molecule has 2 aliphatic rings. The first-order valence-electron chi connectivity index (χ1n) is 9.86. The fourth-order valence-electron chi connectivity index (χ4n) is 3.87. The number of pyridine rings is 1. The molecule has 1 aromatic heterocycles. The van der Waals surface area contributed by atoms with Crippen LogP contribution in [0.5, 0.6) is 0 Å². The highest BCUT2D eigenvalue weighted by Crippen LogP contribution is 2.30. The number of carbonyl (C=O) groups excluding carboxylic acids is 2. The fraction of sp³-hybridized carbons (Fsp3) is 0.364. The Bertz CT molecular complexity index is 875. The van der Waals surface area contributed by atoms with Crippen LogP contribution in [0.1, 0.15) is 41.1 Å². The summed E-state index contributed by atoms with van der Waals surface area (Å²) in [5.41, 5.74) is 1.24. The number of nitrogens with zero attached hydrogens (tertiary/aromatic N) is 4. The summed E-state index contributed by atoms with van der Waals surface area (Å²) < 4.78 is 0. The molecule has 0 bridgehead atoms. The number of aliphatic imine (C=N–C) groups is 1. The van der Waals surface area contributed by atoms with Crippen LogP contribution in [0, 0.1) is 0 Å². The molecule has 0 N–H and O–H groups in total. The molecule has 3 heterocycles. The maximum Gasteiger partial charge on any atom is 0.266 e. The van der Waals surface area contributed by atoms with E-state index < -0.39 is 5.92 Å². The van der Waals surface area contributed by atoms with Crippen molar-refractivity contribution >= 4 is 23.8 Å². The Kier molecular flexibility index (Phi) is 5.58. The highest BCUT2D eigenvalue weighted by atomic mass is 16.2. The van der Waals surface area contributed by atoms with Gasteiger partial charge in [0.2, 0.25) is 5.91 Å². The maximum absolute atomic E-state index is 13.1. The van der Waals surface area contributed by atoms with Crippen molar-refractivity contribution in [1.82, 2.24) is 9.88 Å². The molecule has 144 valence electrons. The van der Waals surface area contributed by atoms with Gasteiger partial charge in [-0.3, -0.25) is 14.6 Å². The SMILES string of the molecule is O=C1c2ccccc2[C@@H](C=NCCCN2CCCC2)C(=O)N1c1ccccn1. The number of benzene rings is 1. The Hall–Kier alpha value is -2.86. The summed E-state index contributed by atoms with van der Waals surface area (Å²) in [6.45, 7) is 4.09. The Morgan fingerprint density at radius 2 is 1.86 bits per heavy atom. The standard InChI is InChI=1S/C22H24N4O2/c27-21-18-9-2-1-8-17(18)19(16-23-11-7-15-25-13-5-6-14-25)22(28)26(21)20-10-3-4-12-24-20/h1-4,8-10,12,16,19H,5-7,11,13-15H2/t19-/m1/s1. The predicted molar refractivity (Wildman–Crippen MR) is 109 cm³/mol. The summed E-state index contributed by atoms with van der Waals surface area (Å²) in [5.74, 6) is -0.856. The Balaban J connectivity index is 1.53. The van der Waals surface area contributed by atoms with E-state index in [1.165, 1.54) is 30.8 Å². The van der Waals surface area contributed by atoms with E-state index in [-0.39, 0.29) is 11.8 Å². The molecule has 0 spiro atoms. The van der Waals surface area contributed by atoms with Crippen molar-refractivity contribution in [2.75, 3.05) is 31.1 Å². The monoisotopic (exact) mass is 376 g/mol. The number of anilines is 1. The van der Waals surface area contributed by atoms with Crippen molar-refractivity contribution in [3.8, 4) is 0 Å². The summed E-state index contributed by atoms with van der Waals surface area (Å²) in [6, 6.07) is 12.5. The predicted octanol–water partition coefficient (Wildman–Crippen LogP) is 2.91. The van der Waals surface area contributed by atoms with E-state index in [2.05, 4.69) is 14.9 Å². The summed E-state index contributed by atoms with van der Waals surface area (Å²) in [4.78, 5) is 38.4. The van der Waals surface area contributed by atoms with Crippen LogP contribution in [0.25, 0.3) is 0 Å². The van der Waals surface area contributed by atoms with E-state index in [0.717, 1.165) is 13.0 Å². The molecular weight excluding hydrogens is 352 g/mol. The zero-order valence-corrected chi connectivity index (χ0v) is 15.8. The molecular formula is C22H24N4O2. The van der Waals surface area contributed by atoms with Gasteiger partial charge in [0.05, 0.1) is 5.92 Å². The summed E-state index contributed by atoms with van der Waals surface area (Å²) in [5, 5.41) is 0. The number of rotatable bonds is 6. The molecule has 0 saturated carbocycles. The third kappa shape index (κ3) is 3.73. The van der Waals surface area contributed by atoms with Crippen LogP contribution < -0.4 is 4.90 Å². The molecule has 0 radical (unpaired) electrons. The topological polar surface area (TPSA) is 65.9 Å². The Morgan fingerprint density at radius 1 is 1.07 bits per heavy atom. The van der Waals surface area contributed by atoms with E-state index >= 15 is 0 Å². The third-order valence-corrected chi connectivity index (χ3v) is 5.31. The fourth-order valence-corrected chi connectivity index (χ4v) is 3.87. The largest absolute Gasteiger partial charge is 0.303 e. The van der Waals surface area contributed by atoms with Crippen LogP contribution in [0.4, 0.5) is 5.82 Å². The molecule has 28 heavy (non-hydrogen) atoms. The number of likely N-dealkylation sites (tertiary alicyclic amines) is 1. The Labute approximate surface area is 164 Å². The number of aromatic nitrogens is 1. The van der Waals surface area contributed by atoms with Crippen molar-refractivity contribution in [3.63, 3.8) is 0 Å². The van der Waals surface area contributed by atoms with Crippen LogP contribution in [0.15, 0.2) is 53.7 Å². The van der Waals surface area contributed by atoms with Crippen LogP contribution >= 0.6 is 0 Å². The van der Waals surface area contributed by atoms with Crippen LogP contribution in [-0.2, 0) is 4.79 Å². The Morgan fingerprint density at radius 3 is 2.64 bits per heavy atom. The van der Waals surface area contributed by atoms with E-state index in [1.807, 2.05) is 18.2 Å². The van der Waals surface area contributed by atoms with Crippen LogP contribution in [0.3, 0.4) is 0 Å². The minimum Gasteiger partial charge on any atom is -0.303 e. The lowest BCUT2D eigenvalue weighted by molar-refractivity contribution is -0.118. The third-order valence-electron chi connectivity index (χ3n) is 5.31. The molecule has 1 fully saturated rings. The molecule has 6 heteroatoms. The number of imide groups is 1. The van der Waals surface area contributed by atoms with Crippen molar-refractivity contribution in [2.24, 2.45) is 4.99 Å². The minimum absolute atomic E-state index is 0.300. The van der Waals surface area contributed by atoms with Gasteiger partial charge >= 0.3 is 0 Å².